The lowest BCUT2D eigenvalue weighted by Crippen LogP contribution is -2.36. The van der Waals surface area contributed by atoms with Crippen molar-refractivity contribution in [1.29, 1.82) is 0 Å². The van der Waals surface area contributed by atoms with Crippen LogP contribution in [0.2, 0.25) is 0 Å². The van der Waals surface area contributed by atoms with Crippen molar-refractivity contribution in [2.45, 2.75) is 12.5 Å². The largest absolute Gasteiger partial charge is 0.394 e. The SMILES string of the molecule is Cn1c(N)c(NC(CO)Cc2ccccc2)c(=O)[nH]c1=O. The van der Waals surface area contributed by atoms with Crippen molar-refractivity contribution in [2.75, 3.05) is 17.7 Å². The molecular formula is C14H18N4O3. The molecule has 0 bridgehead atoms. The van der Waals surface area contributed by atoms with Crippen LogP contribution in [0.15, 0.2) is 39.9 Å². The van der Waals surface area contributed by atoms with E-state index in [1.807, 2.05) is 30.3 Å². The molecule has 0 fully saturated rings. The van der Waals surface area contributed by atoms with Gasteiger partial charge in [-0.2, -0.15) is 0 Å². The number of hydrogen-bond acceptors (Lipinski definition) is 5. The molecule has 0 saturated carbocycles. The average Bonchev–Trinajstić information content (AvgIpc) is 2.49. The monoisotopic (exact) mass is 290 g/mol. The van der Waals surface area contributed by atoms with Crippen molar-refractivity contribution in [2.24, 2.45) is 7.05 Å². The van der Waals surface area contributed by atoms with Crippen LogP contribution in [0, 0.1) is 0 Å². The van der Waals surface area contributed by atoms with E-state index >= 15 is 0 Å². The molecule has 0 aliphatic heterocycles. The molecule has 7 nitrogen and oxygen atoms in total. The fourth-order valence-electron chi connectivity index (χ4n) is 2.04. The zero-order valence-electron chi connectivity index (χ0n) is 11.7. The topological polar surface area (TPSA) is 113 Å². The normalized spacial score (nSPS) is 12.1. The lowest BCUT2D eigenvalue weighted by molar-refractivity contribution is 0.273. The molecule has 0 saturated heterocycles. The molecule has 1 unspecified atom stereocenters. The van der Waals surface area contributed by atoms with Gasteiger partial charge in [-0.25, -0.2) is 4.79 Å². The number of rotatable bonds is 5. The maximum absolute atomic E-state index is 11.8. The molecule has 0 spiro atoms. The highest BCUT2D eigenvalue weighted by molar-refractivity contribution is 5.60. The van der Waals surface area contributed by atoms with E-state index in [1.165, 1.54) is 7.05 Å². The third-order valence-corrected chi connectivity index (χ3v) is 3.26. The first-order valence-electron chi connectivity index (χ1n) is 6.53. The Balaban J connectivity index is 2.25. The van der Waals surface area contributed by atoms with Gasteiger partial charge in [0.15, 0.2) is 0 Å². The highest BCUT2D eigenvalue weighted by Gasteiger charge is 2.15. The maximum atomic E-state index is 11.8. The van der Waals surface area contributed by atoms with Crippen molar-refractivity contribution >= 4 is 11.5 Å². The number of nitrogens with two attached hydrogens (primary N) is 1. The number of nitrogen functional groups attached to an aromatic ring is 1. The second-order valence-corrected chi connectivity index (χ2v) is 4.79. The number of nitrogens with zero attached hydrogens (tertiary/aromatic N) is 1. The van der Waals surface area contributed by atoms with Gasteiger partial charge in [-0.1, -0.05) is 30.3 Å². The third-order valence-electron chi connectivity index (χ3n) is 3.26. The van der Waals surface area contributed by atoms with Crippen LogP contribution < -0.4 is 22.3 Å². The Morgan fingerprint density at radius 1 is 1.33 bits per heavy atom. The first-order chi connectivity index (χ1) is 10.0. The number of nitrogens with one attached hydrogen (secondary N) is 2. The van der Waals surface area contributed by atoms with Gasteiger partial charge >= 0.3 is 5.69 Å². The van der Waals surface area contributed by atoms with E-state index < -0.39 is 11.2 Å². The summed E-state index contributed by atoms with van der Waals surface area (Å²) in [7, 11) is 1.46. The van der Waals surface area contributed by atoms with E-state index in [0.29, 0.717) is 6.42 Å². The molecule has 2 aromatic rings. The number of anilines is 2. The van der Waals surface area contributed by atoms with Crippen LogP contribution >= 0.6 is 0 Å². The molecule has 0 aliphatic rings. The van der Waals surface area contributed by atoms with Crippen LogP contribution in [0.4, 0.5) is 11.5 Å². The first kappa shape index (κ1) is 14.9. The van der Waals surface area contributed by atoms with Crippen molar-refractivity contribution in [3.8, 4) is 0 Å². The van der Waals surface area contributed by atoms with Crippen LogP contribution in [0.25, 0.3) is 0 Å². The van der Waals surface area contributed by atoms with Crippen LogP contribution in [0.1, 0.15) is 5.56 Å². The Hall–Kier alpha value is -2.54. The summed E-state index contributed by atoms with van der Waals surface area (Å²) in [5.41, 5.74) is 5.71. The van der Waals surface area contributed by atoms with Crippen LogP contribution in [0.3, 0.4) is 0 Å². The lowest BCUT2D eigenvalue weighted by Gasteiger charge is -2.19. The quantitative estimate of drug-likeness (QED) is 0.602. The summed E-state index contributed by atoms with van der Waals surface area (Å²) in [4.78, 5) is 25.4. The van der Waals surface area contributed by atoms with Gasteiger partial charge in [-0.3, -0.25) is 14.3 Å². The molecule has 0 amide bonds. The molecule has 1 aromatic carbocycles. The summed E-state index contributed by atoms with van der Waals surface area (Å²) >= 11 is 0. The molecular weight excluding hydrogens is 272 g/mol. The van der Waals surface area contributed by atoms with Gasteiger partial charge in [0.25, 0.3) is 5.56 Å². The first-order valence-corrected chi connectivity index (χ1v) is 6.53. The number of aliphatic hydroxyl groups is 1. The van der Waals surface area contributed by atoms with E-state index in [1.54, 1.807) is 0 Å². The summed E-state index contributed by atoms with van der Waals surface area (Å²) in [6.07, 6.45) is 0.527. The summed E-state index contributed by atoms with van der Waals surface area (Å²) in [6.45, 7) is -0.170. The molecule has 21 heavy (non-hydrogen) atoms. The second kappa shape index (κ2) is 6.27. The highest BCUT2D eigenvalue weighted by atomic mass is 16.3. The van der Waals surface area contributed by atoms with Crippen molar-refractivity contribution in [3.05, 3.63) is 56.7 Å². The van der Waals surface area contributed by atoms with Crippen molar-refractivity contribution in [3.63, 3.8) is 0 Å². The minimum Gasteiger partial charge on any atom is -0.394 e. The fourth-order valence-corrected chi connectivity index (χ4v) is 2.04. The number of benzene rings is 1. The molecule has 0 aliphatic carbocycles. The van der Waals surface area contributed by atoms with Gasteiger partial charge < -0.3 is 16.2 Å². The molecule has 1 aromatic heterocycles. The maximum Gasteiger partial charge on any atom is 0.329 e. The van der Waals surface area contributed by atoms with E-state index in [2.05, 4.69) is 10.3 Å². The molecule has 2 rings (SSSR count). The summed E-state index contributed by atoms with van der Waals surface area (Å²) < 4.78 is 1.14. The molecule has 1 atom stereocenters. The molecule has 0 radical (unpaired) electrons. The van der Waals surface area contributed by atoms with Crippen molar-refractivity contribution in [1.82, 2.24) is 9.55 Å². The minimum absolute atomic E-state index is 0.0373. The Kier molecular flexibility index (Phi) is 4.44. The van der Waals surface area contributed by atoms with Gasteiger partial charge in [-0.15, -0.1) is 0 Å². The van der Waals surface area contributed by atoms with Gasteiger partial charge in [0.05, 0.1) is 12.6 Å². The highest BCUT2D eigenvalue weighted by Crippen LogP contribution is 2.12. The summed E-state index contributed by atoms with van der Waals surface area (Å²) in [5.74, 6) is 0.0373. The Morgan fingerprint density at radius 3 is 2.62 bits per heavy atom. The van der Waals surface area contributed by atoms with Crippen LogP contribution in [-0.4, -0.2) is 27.3 Å². The van der Waals surface area contributed by atoms with Gasteiger partial charge in [0, 0.05) is 7.05 Å². The molecule has 1 heterocycles. The number of aromatic nitrogens is 2. The predicted molar refractivity (Wildman–Crippen MR) is 81.4 cm³/mol. The van der Waals surface area contributed by atoms with Crippen molar-refractivity contribution < 1.29 is 5.11 Å². The van der Waals surface area contributed by atoms with E-state index in [9.17, 15) is 14.7 Å². The second-order valence-electron chi connectivity index (χ2n) is 4.79. The smallest absolute Gasteiger partial charge is 0.329 e. The number of H-pyrrole nitrogens is 1. The Labute approximate surface area is 121 Å². The average molecular weight is 290 g/mol. The lowest BCUT2D eigenvalue weighted by atomic mass is 10.1. The van der Waals surface area contributed by atoms with Crippen LogP contribution in [-0.2, 0) is 13.5 Å². The molecule has 7 heteroatoms. The zero-order chi connectivity index (χ0) is 15.4. The van der Waals surface area contributed by atoms with E-state index in [0.717, 1.165) is 10.1 Å². The zero-order valence-corrected chi connectivity index (χ0v) is 11.7. The Bertz CT molecular complexity index is 721. The fraction of sp³-hybridized carbons (Fsp3) is 0.286. The van der Waals surface area contributed by atoms with Gasteiger partial charge in [0.2, 0.25) is 0 Å². The predicted octanol–water partition coefficient (Wildman–Crippen LogP) is -0.329. The number of aromatic amines is 1. The van der Waals surface area contributed by atoms with E-state index in [-0.39, 0.29) is 24.2 Å². The summed E-state index contributed by atoms with van der Waals surface area (Å²) in [5, 5.41) is 12.4. The number of hydrogen-bond donors (Lipinski definition) is 4. The standard InChI is InChI=1S/C14H18N4O3/c1-18-12(15)11(13(20)17-14(18)21)16-10(8-19)7-9-5-3-2-4-6-9/h2-6,10,16,19H,7-8,15H2,1H3,(H,17,20,21). The summed E-state index contributed by atoms with van der Waals surface area (Å²) in [6, 6.07) is 9.18. The van der Waals surface area contributed by atoms with Gasteiger partial charge in [0.1, 0.15) is 11.5 Å². The third kappa shape index (κ3) is 3.32. The molecule has 112 valence electrons. The van der Waals surface area contributed by atoms with Crippen LogP contribution in [0.5, 0.6) is 0 Å². The van der Waals surface area contributed by atoms with E-state index in [4.69, 9.17) is 5.73 Å². The van der Waals surface area contributed by atoms with Gasteiger partial charge in [-0.05, 0) is 12.0 Å². The minimum atomic E-state index is -0.595. The Morgan fingerprint density at radius 2 is 2.00 bits per heavy atom. The number of aliphatic hydroxyl groups excluding tert-OH is 1. The molecule has 5 N–H and O–H groups in total.